The van der Waals surface area contributed by atoms with E-state index < -0.39 is 0 Å². The molecule has 0 radical (unpaired) electrons. The molecular weight excluding hydrogens is 205 g/mol. The summed E-state index contributed by atoms with van der Waals surface area (Å²) >= 11 is 0. The van der Waals surface area contributed by atoms with Crippen LogP contribution in [-0.4, -0.2) is 18.2 Å². The van der Waals surface area contributed by atoms with Crippen LogP contribution < -0.4 is 4.90 Å². The molecule has 0 saturated heterocycles. The Morgan fingerprint density at radius 1 is 1.25 bits per heavy atom. The SMILES string of the molecule is C=CCN(CC=C)c1c(F)cccc1CO. The molecule has 0 heterocycles. The summed E-state index contributed by atoms with van der Waals surface area (Å²) in [6.07, 6.45) is 3.38. The van der Waals surface area contributed by atoms with Crippen molar-refractivity contribution in [1.82, 2.24) is 0 Å². The number of hydrogen-bond donors (Lipinski definition) is 1. The van der Waals surface area contributed by atoms with Gasteiger partial charge in [0.15, 0.2) is 0 Å². The van der Waals surface area contributed by atoms with Gasteiger partial charge in [0, 0.05) is 18.7 Å². The lowest BCUT2D eigenvalue weighted by atomic mass is 10.1. The predicted molar refractivity (Wildman–Crippen MR) is 64.9 cm³/mol. The van der Waals surface area contributed by atoms with E-state index in [2.05, 4.69) is 13.2 Å². The zero-order chi connectivity index (χ0) is 12.0. The Bertz CT molecular complexity index is 366. The molecule has 0 fully saturated rings. The second-order valence-electron chi connectivity index (χ2n) is 3.39. The average molecular weight is 221 g/mol. The maximum absolute atomic E-state index is 13.7. The molecule has 0 spiro atoms. The number of rotatable bonds is 6. The molecule has 3 heteroatoms. The zero-order valence-corrected chi connectivity index (χ0v) is 9.19. The molecule has 2 nitrogen and oxygen atoms in total. The topological polar surface area (TPSA) is 23.5 Å². The van der Waals surface area contributed by atoms with Crippen LogP contribution in [0.3, 0.4) is 0 Å². The zero-order valence-electron chi connectivity index (χ0n) is 9.19. The molecular formula is C13H16FNO. The van der Waals surface area contributed by atoms with Crippen molar-refractivity contribution in [3.63, 3.8) is 0 Å². The maximum Gasteiger partial charge on any atom is 0.146 e. The van der Waals surface area contributed by atoms with Gasteiger partial charge >= 0.3 is 0 Å². The first-order valence-electron chi connectivity index (χ1n) is 5.09. The lowest BCUT2D eigenvalue weighted by Gasteiger charge is -2.24. The van der Waals surface area contributed by atoms with Crippen molar-refractivity contribution in [1.29, 1.82) is 0 Å². The van der Waals surface area contributed by atoms with Crippen LogP contribution in [0.4, 0.5) is 10.1 Å². The lowest BCUT2D eigenvalue weighted by Crippen LogP contribution is -2.25. The van der Waals surface area contributed by atoms with Crippen molar-refractivity contribution in [3.8, 4) is 0 Å². The summed E-state index contributed by atoms with van der Waals surface area (Å²) in [5.41, 5.74) is 0.994. The van der Waals surface area contributed by atoms with E-state index in [1.807, 2.05) is 0 Å². The van der Waals surface area contributed by atoms with Crippen molar-refractivity contribution < 1.29 is 9.50 Å². The van der Waals surface area contributed by atoms with E-state index in [0.717, 1.165) is 0 Å². The molecule has 1 aromatic carbocycles. The van der Waals surface area contributed by atoms with Crippen molar-refractivity contribution in [2.45, 2.75) is 6.61 Å². The van der Waals surface area contributed by atoms with Crippen molar-refractivity contribution >= 4 is 5.69 Å². The van der Waals surface area contributed by atoms with Crippen LogP contribution in [0.5, 0.6) is 0 Å². The first-order chi connectivity index (χ1) is 7.74. The van der Waals surface area contributed by atoms with Crippen LogP contribution in [-0.2, 0) is 6.61 Å². The minimum Gasteiger partial charge on any atom is -0.392 e. The maximum atomic E-state index is 13.7. The molecule has 0 amide bonds. The Labute approximate surface area is 95.3 Å². The standard InChI is InChI=1S/C13H16FNO/c1-3-8-15(9-4-2)13-11(10-16)6-5-7-12(13)14/h3-7,16H,1-2,8-10H2. The van der Waals surface area contributed by atoms with E-state index in [0.29, 0.717) is 24.3 Å². The fraction of sp³-hybridized carbons (Fsp3) is 0.231. The fourth-order valence-electron chi connectivity index (χ4n) is 1.61. The van der Waals surface area contributed by atoms with Crippen LogP contribution in [0, 0.1) is 5.82 Å². The number of aliphatic hydroxyl groups is 1. The number of benzene rings is 1. The number of nitrogens with zero attached hydrogens (tertiary/aromatic N) is 1. The summed E-state index contributed by atoms with van der Waals surface area (Å²) < 4.78 is 13.7. The minimum absolute atomic E-state index is 0.183. The molecule has 0 unspecified atom stereocenters. The van der Waals surface area contributed by atoms with Crippen LogP contribution in [0.2, 0.25) is 0 Å². The number of para-hydroxylation sites is 1. The van der Waals surface area contributed by atoms with Crippen LogP contribution in [0.25, 0.3) is 0 Å². The third-order valence-electron chi connectivity index (χ3n) is 2.26. The van der Waals surface area contributed by atoms with Crippen molar-refractivity contribution in [2.24, 2.45) is 0 Å². The smallest absolute Gasteiger partial charge is 0.146 e. The van der Waals surface area contributed by atoms with Gasteiger partial charge in [-0.25, -0.2) is 4.39 Å². The molecule has 0 bridgehead atoms. The number of hydrogen-bond acceptors (Lipinski definition) is 2. The Kier molecular flexibility index (Phi) is 4.73. The highest BCUT2D eigenvalue weighted by molar-refractivity contribution is 5.55. The third kappa shape index (κ3) is 2.70. The Morgan fingerprint density at radius 2 is 1.88 bits per heavy atom. The van der Waals surface area contributed by atoms with E-state index in [1.165, 1.54) is 6.07 Å². The minimum atomic E-state index is -0.338. The second-order valence-corrected chi connectivity index (χ2v) is 3.39. The quantitative estimate of drug-likeness (QED) is 0.746. The molecule has 0 aliphatic carbocycles. The molecule has 0 aliphatic rings. The fourth-order valence-corrected chi connectivity index (χ4v) is 1.61. The normalized spacial score (nSPS) is 9.88. The number of halogens is 1. The lowest BCUT2D eigenvalue weighted by molar-refractivity contribution is 0.281. The van der Waals surface area contributed by atoms with Crippen LogP contribution in [0.1, 0.15) is 5.56 Å². The monoisotopic (exact) mass is 221 g/mol. The van der Waals surface area contributed by atoms with Gasteiger partial charge in [-0.2, -0.15) is 0 Å². The van der Waals surface area contributed by atoms with Gasteiger partial charge in [0.1, 0.15) is 5.82 Å². The third-order valence-corrected chi connectivity index (χ3v) is 2.26. The number of aliphatic hydroxyl groups excluding tert-OH is 1. The average Bonchev–Trinajstić information content (AvgIpc) is 2.28. The number of anilines is 1. The highest BCUT2D eigenvalue weighted by atomic mass is 19.1. The summed E-state index contributed by atoms with van der Waals surface area (Å²) in [4.78, 5) is 1.78. The van der Waals surface area contributed by atoms with E-state index in [9.17, 15) is 9.50 Å². The largest absolute Gasteiger partial charge is 0.392 e. The van der Waals surface area contributed by atoms with Gasteiger partial charge in [-0.05, 0) is 6.07 Å². The molecule has 16 heavy (non-hydrogen) atoms. The Hall–Kier alpha value is -1.61. The summed E-state index contributed by atoms with van der Waals surface area (Å²) in [6, 6.07) is 4.68. The van der Waals surface area contributed by atoms with E-state index in [-0.39, 0.29) is 12.4 Å². The molecule has 86 valence electrons. The predicted octanol–water partition coefficient (Wildman–Crippen LogP) is 2.50. The summed E-state index contributed by atoms with van der Waals surface area (Å²) in [7, 11) is 0. The van der Waals surface area contributed by atoms with Gasteiger partial charge < -0.3 is 10.0 Å². The first-order valence-corrected chi connectivity index (χ1v) is 5.09. The van der Waals surface area contributed by atoms with Gasteiger partial charge in [-0.3, -0.25) is 0 Å². The Balaban J connectivity index is 3.14. The van der Waals surface area contributed by atoms with Crippen molar-refractivity contribution in [3.05, 3.63) is 54.9 Å². The van der Waals surface area contributed by atoms with Gasteiger partial charge in [-0.1, -0.05) is 24.3 Å². The van der Waals surface area contributed by atoms with E-state index >= 15 is 0 Å². The molecule has 0 atom stereocenters. The second kappa shape index (κ2) is 6.08. The van der Waals surface area contributed by atoms with Gasteiger partial charge in [0.25, 0.3) is 0 Å². The van der Waals surface area contributed by atoms with Crippen LogP contribution in [0.15, 0.2) is 43.5 Å². The molecule has 1 aromatic rings. The van der Waals surface area contributed by atoms with E-state index in [4.69, 9.17) is 0 Å². The molecule has 1 N–H and O–H groups in total. The van der Waals surface area contributed by atoms with Gasteiger partial charge in [-0.15, -0.1) is 13.2 Å². The first kappa shape index (κ1) is 12.5. The summed E-state index contributed by atoms with van der Waals surface area (Å²) in [5, 5.41) is 9.18. The molecule has 1 rings (SSSR count). The highest BCUT2D eigenvalue weighted by Crippen LogP contribution is 2.24. The summed E-state index contributed by atoms with van der Waals surface area (Å²) in [6.45, 7) is 8.11. The highest BCUT2D eigenvalue weighted by Gasteiger charge is 2.13. The molecule has 0 aromatic heterocycles. The van der Waals surface area contributed by atoms with Crippen molar-refractivity contribution in [2.75, 3.05) is 18.0 Å². The van der Waals surface area contributed by atoms with Gasteiger partial charge in [0.05, 0.1) is 12.3 Å². The van der Waals surface area contributed by atoms with Gasteiger partial charge in [0.2, 0.25) is 0 Å². The summed E-state index contributed by atoms with van der Waals surface area (Å²) in [5.74, 6) is -0.338. The van der Waals surface area contributed by atoms with E-state index in [1.54, 1.807) is 29.2 Å². The molecule has 0 saturated carbocycles. The van der Waals surface area contributed by atoms with Crippen LogP contribution >= 0.6 is 0 Å². The Morgan fingerprint density at radius 3 is 2.38 bits per heavy atom. The molecule has 0 aliphatic heterocycles.